The van der Waals surface area contributed by atoms with Gasteiger partial charge in [-0.1, -0.05) is 48.0 Å². The number of nitrogens with one attached hydrogen (secondary N) is 2. The van der Waals surface area contributed by atoms with Crippen molar-refractivity contribution in [2.24, 2.45) is 16.1 Å². The average molecular weight is 466 g/mol. The molecule has 0 aliphatic rings. The van der Waals surface area contributed by atoms with Crippen molar-refractivity contribution in [2.45, 2.75) is 27.3 Å². The van der Waals surface area contributed by atoms with E-state index in [1.807, 2.05) is 44.2 Å². The summed E-state index contributed by atoms with van der Waals surface area (Å²) in [6, 6.07) is 18.0. The maximum atomic E-state index is 11.5. The Hall–Kier alpha value is -2.09. The van der Waals surface area contributed by atoms with Gasteiger partial charge < -0.3 is 16.4 Å². The third-order valence-corrected chi connectivity index (χ3v) is 3.94. The van der Waals surface area contributed by atoms with Gasteiger partial charge in [0.25, 0.3) is 0 Å². The van der Waals surface area contributed by atoms with Gasteiger partial charge in [0.1, 0.15) is 0 Å². The fourth-order valence-corrected chi connectivity index (χ4v) is 2.05. The Bertz CT molecular complexity index is 727. The van der Waals surface area contributed by atoms with E-state index in [9.17, 15) is 4.79 Å². The molecule has 0 aliphatic heterocycles. The van der Waals surface area contributed by atoms with Gasteiger partial charge in [-0.25, -0.2) is 4.99 Å². The topological polar surface area (TPSA) is 79.5 Å². The SMILES string of the molecule is Cc1ccc(CN=C(NCC(C)(C)C(N)=O)Nc2ccccc2)cc1.I. The number of rotatable bonds is 6. The van der Waals surface area contributed by atoms with E-state index in [-0.39, 0.29) is 29.9 Å². The van der Waals surface area contributed by atoms with Crippen LogP contribution in [0.1, 0.15) is 25.0 Å². The van der Waals surface area contributed by atoms with Crippen LogP contribution in [0.5, 0.6) is 0 Å². The zero-order valence-corrected chi connectivity index (χ0v) is 17.8. The molecule has 26 heavy (non-hydrogen) atoms. The molecule has 0 aliphatic carbocycles. The van der Waals surface area contributed by atoms with Crippen molar-refractivity contribution in [3.05, 3.63) is 65.7 Å². The van der Waals surface area contributed by atoms with Crippen LogP contribution in [0, 0.1) is 12.3 Å². The molecule has 0 saturated heterocycles. The lowest BCUT2D eigenvalue weighted by Crippen LogP contribution is -2.44. The van der Waals surface area contributed by atoms with E-state index in [1.54, 1.807) is 0 Å². The maximum absolute atomic E-state index is 11.5. The molecule has 2 aromatic carbocycles. The molecule has 0 fully saturated rings. The zero-order valence-electron chi connectivity index (χ0n) is 15.5. The number of guanidine groups is 1. The van der Waals surface area contributed by atoms with Crippen LogP contribution in [-0.4, -0.2) is 18.4 Å². The van der Waals surface area contributed by atoms with Crippen LogP contribution in [0.4, 0.5) is 5.69 Å². The summed E-state index contributed by atoms with van der Waals surface area (Å²) in [5, 5.41) is 6.47. The number of anilines is 1. The second-order valence-electron chi connectivity index (χ2n) is 6.74. The van der Waals surface area contributed by atoms with Crippen LogP contribution < -0.4 is 16.4 Å². The van der Waals surface area contributed by atoms with Gasteiger partial charge in [0.05, 0.1) is 12.0 Å². The molecule has 0 spiro atoms. The van der Waals surface area contributed by atoms with Crippen molar-refractivity contribution in [1.29, 1.82) is 0 Å². The van der Waals surface area contributed by atoms with E-state index in [0.717, 1.165) is 11.3 Å². The summed E-state index contributed by atoms with van der Waals surface area (Å²) in [6.45, 7) is 6.61. The van der Waals surface area contributed by atoms with Gasteiger partial charge in [-0.05, 0) is 38.5 Å². The highest BCUT2D eigenvalue weighted by atomic mass is 127. The van der Waals surface area contributed by atoms with Gasteiger partial charge in [0.2, 0.25) is 5.91 Å². The fourth-order valence-electron chi connectivity index (χ4n) is 2.05. The van der Waals surface area contributed by atoms with Crippen molar-refractivity contribution in [3.63, 3.8) is 0 Å². The van der Waals surface area contributed by atoms with Crippen LogP contribution in [-0.2, 0) is 11.3 Å². The Balaban J connectivity index is 0.00000338. The molecule has 0 heterocycles. The Morgan fingerprint density at radius 2 is 1.69 bits per heavy atom. The lowest BCUT2D eigenvalue weighted by Gasteiger charge is -2.22. The number of carbonyl (C=O) groups excluding carboxylic acids is 1. The zero-order chi connectivity index (χ0) is 18.3. The first-order chi connectivity index (χ1) is 11.9. The summed E-state index contributed by atoms with van der Waals surface area (Å²) < 4.78 is 0. The van der Waals surface area contributed by atoms with Gasteiger partial charge in [-0.15, -0.1) is 24.0 Å². The molecule has 0 radical (unpaired) electrons. The normalized spacial score (nSPS) is 11.4. The molecule has 6 heteroatoms. The molecule has 0 unspecified atom stereocenters. The molecule has 0 atom stereocenters. The van der Waals surface area contributed by atoms with E-state index < -0.39 is 5.41 Å². The average Bonchev–Trinajstić information content (AvgIpc) is 2.59. The van der Waals surface area contributed by atoms with E-state index in [2.05, 4.69) is 46.8 Å². The van der Waals surface area contributed by atoms with Gasteiger partial charge in [-0.3, -0.25) is 4.79 Å². The molecule has 5 nitrogen and oxygen atoms in total. The number of aliphatic imine (C=N–C) groups is 1. The molecule has 4 N–H and O–H groups in total. The number of carbonyl (C=O) groups is 1. The summed E-state index contributed by atoms with van der Waals surface area (Å²) in [4.78, 5) is 16.1. The summed E-state index contributed by atoms with van der Waals surface area (Å²) in [5.41, 5.74) is 8.05. The molecule has 0 bridgehead atoms. The number of hydrogen-bond donors (Lipinski definition) is 3. The highest BCUT2D eigenvalue weighted by Gasteiger charge is 2.25. The van der Waals surface area contributed by atoms with Gasteiger partial charge in [0, 0.05) is 12.2 Å². The van der Waals surface area contributed by atoms with E-state index in [4.69, 9.17) is 5.73 Å². The third kappa shape index (κ3) is 7.03. The number of halogens is 1. The minimum absolute atomic E-state index is 0. The molecule has 2 aromatic rings. The van der Waals surface area contributed by atoms with E-state index in [1.165, 1.54) is 5.56 Å². The van der Waals surface area contributed by atoms with Crippen LogP contribution >= 0.6 is 24.0 Å². The number of benzene rings is 2. The number of aryl methyl sites for hydroxylation is 1. The standard InChI is InChI=1S/C20H26N4O.HI/c1-15-9-11-16(12-10-15)13-22-19(23-14-20(2,3)18(21)25)24-17-7-5-4-6-8-17;/h4-12H,13-14H2,1-3H3,(H2,21,25)(H2,22,23,24);1H. The number of para-hydroxylation sites is 1. The molecule has 0 aromatic heterocycles. The molecular formula is C20H27IN4O. The number of hydrogen-bond acceptors (Lipinski definition) is 2. The predicted octanol–water partition coefficient (Wildman–Crippen LogP) is 3.68. The van der Waals surface area contributed by atoms with Crippen LogP contribution in [0.3, 0.4) is 0 Å². The lowest BCUT2D eigenvalue weighted by atomic mass is 9.93. The van der Waals surface area contributed by atoms with Crippen LogP contribution in [0.15, 0.2) is 59.6 Å². The van der Waals surface area contributed by atoms with Crippen LogP contribution in [0.25, 0.3) is 0 Å². The number of nitrogens with zero attached hydrogens (tertiary/aromatic N) is 1. The predicted molar refractivity (Wildman–Crippen MR) is 119 cm³/mol. The second kappa shape index (κ2) is 10.2. The smallest absolute Gasteiger partial charge is 0.224 e. The van der Waals surface area contributed by atoms with E-state index in [0.29, 0.717) is 19.0 Å². The van der Waals surface area contributed by atoms with Crippen molar-refractivity contribution in [2.75, 3.05) is 11.9 Å². The lowest BCUT2D eigenvalue weighted by molar-refractivity contribution is -0.125. The van der Waals surface area contributed by atoms with Crippen molar-refractivity contribution in [1.82, 2.24) is 5.32 Å². The highest BCUT2D eigenvalue weighted by Crippen LogP contribution is 2.13. The summed E-state index contributed by atoms with van der Waals surface area (Å²) >= 11 is 0. The third-order valence-electron chi connectivity index (χ3n) is 3.94. The number of amides is 1. The van der Waals surface area contributed by atoms with E-state index >= 15 is 0 Å². The Labute approximate surface area is 172 Å². The minimum atomic E-state index is -0.664. The second-order valence-corrected chi connectivity index (χ2v) is 6.74. The minimum Gasteiger partial charge on any atom is -0.369 e. The van der Waals surface area contributed by atoms with Crippen molar-refractivity contribution in [3.8, 4) is 0 Å². The first-order valence-electron chi connectivity index (χ1n) is 8.33. The van der Waals surface area contributed by atoms with Gasteiger partial charge in [-0.2, -0.15) is 0 Å². The highest BCUT2D eigenvalue weighted by molar-refractivity contribution is 14.0. The summed E-state index contributed by atoms with van der Waals surface area (Å²) in [7, 11) is 0. The Morgan fingerprint density at radius 3 is 2.27 bits per heavy atom. The van der Waals surface area contributed by atoms with Gasteiger partial charge >= 0.3 is 0 Å². The maximum Gasteiger partial charge on any atom is 0.224 e. The number of nitrogens with two attached hydrogens (primary N) is 1. The quantitative estimate of drug-likeness (QED) is 0.345. The van der Waals surface area contributed by atoms with Gasteiger partial charge in [0.15, 0.2) is 5.96 Å². The fraction of sp³-hybridized carbons (Fsp3) is 0.300. The monoisotopic (exact) mass is 466 g/mol. The molecule has 140 valence electrons. The first-order valence-corrected chi connectivity index (χ1v) is 8.33. The molecule has 0 saturated carbocycles. The first kappa shape index (κ1) is 22.0. The molecule has 1 amide bonds. The summed E-state index contributed by atoms with van der Waals surface area (Å²) in [5.74, 6) is 0.263. The molecule has 2 rings (SSSR count). The molecular weight excluding hydrogens is 439 g/mol. The largest absolute Gasteiger partial charge is 0.369 e. The summed E-state index contributed by atoms with van der Waals surface area (Å²) in [6.07, 6.45) is 0. The van der Waals surface area contributed by atoms with Crippen molar-refractivity contribution < 1.29 is 4.79 Å². The Kier molecular flexibility index (Phi) is 8.57. The van der Waals surface area contributed by atoms with Crippen molar-refractivity contribution >= 4 is 41.5 Å². The Morgan fingerprint density at radius 1 is 1.08 bits per heavy atom. The van der Waals surface area contributed by atoms with Crippen LogP contribution in [0.2, 0.25) is 0 Å². The number of primary amides is 1.